The third-order valence-electron chi connectivity index (χ3n) is 3.58. The van der Waals surface area contributed by atoms with E-state index >= 15 is 0 Å². The minimum atomic E-state index is 0. The predicted octanol–water partition coefficient (Wildman–Crippen LogP) is 2.65. The minimum Gasteiger partial charge on any atom is -0.493 e. The van der Waals surface area contributed by atoms with Gasteiger partial charge in [0.05, 0.1) is 18.7 Å². The van der Waals surface area contributed by atoms with E-state index in [0.717, 1.165) is 29.4 Å². The smallest absolute Gasteiger partial charge is 0.221 e. The van der Waals surface area contributed by atoms with Crippen molar-refractivity contribution in [2.45, 2.75) is 31.8 Å². The zero-order valence-electron chi connectivity index (χ0n) is 12.8. The summed E-state index contributed by atoms with van der Waals surface area (Å²) in [6.07, 6.45) is 2.77. The molecule has 1 heterocycles. The average molecular weight is 394 g/mol. The maximum Gasteiger partial charge on any atom is 0.221 e. The number of hydrogen-bond acceptors (Lipinski definition) is 4. The molecule has 0 saturated carbocycles. The van der Waals surface area contributed by atoms with Gasteiger partial charge in [0.25, 0.3) is 0 Å². The van der Waals surface area contributed by atoms with Gasteiger partial charge >= 0.3 is 0 Å². The van der Waals surface area contributed by atoms with E-state index in [0.29, 0.717) is 30.5 Å². The van der Waals surface area contributed by atoms with E-state index < -0.39 is 0 Å². The molecule has 1 aromatic rings. The number of carbonyl (C=O) groups is 1. The van der Waals surface area contributed by atoms with E-state index in [9.17, 15) is 4.79 Å². The van der Waals surface area contributed by atoms with Gasteiger partial charge in [0, 0.05) is 19.0 Å². The van der Waals surface area contributed by atoms with Crippen molar-refractivity contribution >= 4 is 34.2 Å². The molecule has 0 radical (unpaired) electrons. The normalized spacial score (nSPS) is 16.8. The predicted molar refractivity (Wildman–Crippen MR) is 92.0 cm³/mol. The Kier molecular flexibility index (Phi) is 8.00. The van der Waals surface area contributed by atoms with Gasteiger partial charge in [-0.05, 0) is 53.0 Å². The van der Waals surface area contributed by atoms with Crippen molar-refractivity contribution < 1.29 is 14.3 Å². The zero-order chi connectivity index (χ0) is 15.2. The molecule has 124 valence electrons. The standard InChI is InChI=1S/C15H21BrN2O3.ClH/c1-20-13-7-10(6-12(16)15(13)21-2)9-18-14(19)8-11-4-3-5-17-11;/h6-7,11,17H,3-5,8-9H2,1-2H3,(H,18,19);1H. The lowest BCUT2D eigenvalue weighted by molar-refractivity contribution is -0.121. The van der Waals surface area contributed by atoms with Crippen LogP contribution in [0.25, 0.3) is 0 Å². The molecule has 0 aromatic heterocycles. The molecule has 0 bridgehead atoms. The van der Waals surface area contributed by atoms with E-state index in [2.05, 4.69) is 26.6 Å². The van der Waals surface area contributed by atoms with Crippen LogP contribution in [0.1, 0.15) is 24.8 Å². The Labute approximate surface area is 145 Å². The number of ether oxygens (including phenoxy) is 2. The topological polar surface area (TPSA) is 59.6 Å². The number of hydrogen-bond donors (Lipinski definition) is 2. The van der Waals surface area contributed by atoms with Crippen LogP contribution in [-0.2, 0) is 11.3 Å². The summed E-state index contributed by atoms with van der Waals surface area (Å²) >= 11 is 3.45. The molecule has 1 aliphatic heterocycles. The Morgan fingerprint density at radius 2 is 2.18 bits per heavy atom. The van der Waals surface area contributed by atoms with Crippen LogP contribution in [0, 0.1) is 0 Å². The first-order chi connectivity index (χ1) is 10.1. The fourth-order valence-corrected chi connectivity index (χ4v) is 3.15. The molecular formula is C15H22BrClN2O3. The number of benzene rings is 1. The molecule has 1 amide bonds. The van der Waals surface area contributed by atoms with Gasteiger partial charge in [-0.1, -0.05) is 0 Å². The summed E-state index contributed by atoms with van der Waals surface area (Å²) in [6.45, 7) is 1.49. The van der Waals surface area contributed by atoms with Crippen molar-refractivity contribution in [1.29, 1.82) is 0 Å². The fraction of sp³-hybridized carbons (Fsp3) is 0.533. The molecule has 22 heavy (non-hydrogen) atoms. The Morgan fingerprint density at radius 3 is 2.77 bits per heavy atom. The largest absolute Gasteiger partial charge is 0.493 e. The Morgan fingerprint density at radius 1 is 1.41 bits per heavy atom. The average Bonchev–Trinajstić information content (AvgIpc) is 2.97. The van der Waals surface area contributed by atoms with Crippen molar-refractivity contribution in [3.05, 3.63) is 22.2 Å². The van der Waals surface area contributed by atoms with Crippen LogP contribution in [0.3, 0.4) is 0 Å². The highest BCUT2D eigenvalue weighted by atomic mass is 79.9. The molecule has 1 aromatic carbocycles. The van der Waals surface area contributed by atoms with Crippen LogP contribution in [0.5, 0.6) is 11.5 Å². The molecular weight excluding hydrogens is 372 g/mol. The Balaban J connectivity index is 0.00000242. The second-order valence-corrected chi connectivity index (χ2v) is 5.94. The van der Waals surface area contributed by atoms with Crippen LogP contribution in [0.2, 0.25) is 0 Å². The first kappa shape index (κ1) is 19.1. The highest BCUT2D eigenvalue weighted by molar-refractivity contribution is 9.10. The van der Waals surface area contributed by atoms with E-state index in [4.69, 9.17) is 9.47 Å². The number of rotatable bonds is 6. The number of halogens is 2. The monoisotopic (exact) mass is 392 g/mol. The van der Waals surface area contributed by atoms with Crippen LogP contribution >= 0.6 is 28.3 Å². The summed E-state index contributed by atoms with van der Waals surface area (Å²) in [5, 5.41) is 6.27. The molecule has 2 rings (SSSR count). The molecule has 1 saturated heterocycles. The third-order valence-corrected chi connectivity index (χ3v) is 4.17. The molecule has 1 aliphatic rings. The number of carbonyl (C=O) groups excluding carboxylic acids is 1. The maximum atomic E-state index is 11.9. The van der Waals surface area contributed by atoms with Crippen molar-refractivity contribution in [3.63, 3.8) is 0 Å². The number of methoxy groups -OCH3 is 2. The van der Waals surface area contributed by atoms with E-state index in [-0.39, 0.29) is 18.3 Å². The van der Waals surface area contributed by atoms with Gasteiger partial charge in [0.2, 0.25) is 5.91 Å². The Hall–Kier alpha value is -0.980. The van der Waals surface area contributed by atoms with Crippen LogP contribution < -0.4 is 20.1 Å². The van der Waals surface area contributed by atoms with Crippen LogP contribution in [-0.4, -0.2) is 32.7 Å². The number of nitrogens with one attached hydrogen (secondary N) is 2. The van der Waals surface area contributed by atoms with Crippen molar-refractivity contribution in [2.24, 2.45) is 0 Å². The van der Waals surface area contributed by atoms with E-state index in [1.54, 1.807) is 14.2 Å². The molecule has 0 spiro atoms. The molecule has 7 heteroatoms. The van der Waals surface area contributed by atoms with Gasteiger partial charge in [-0.3, -0.25) is 4.79 Å². The van der Waals surface area contributed by atoms with Crippen molar-refractivity contribution in [2.75, 3.05) is 20.8 Å². The molecule has 1 fully saturated rings. The maximum absolute atomic E-state index is 11.9. The second-order valence-electron chi connectivity index (χ2n) is 5.09. The first-order valence-corrected chi connectivity index (χ1v) is 7.83. The summed E-state index contributed by atoms with van der Waals surface area (Å²) in [6, 6.07) is 4.12. The summed E-state index contributed by atoms with van der Waals surface area (Å²) in [5.41, 5.74) is 0.965. The minimum absolute atomic E-state index is 0. The summed E-state index contributed by atoms with van der Waals surface area (Å²) < 4.78 is 11.4. The van der Waals surface area contributed by atoms with Gasteiger partial charge in [0.15, 0.2) is 11.5 Å². The zero-order valence-corrected chi connectivity index (χ0v) is 15.2. The lowest BCUT2D eigenvalue weighted by atomic mass is 10.1. The van der Waals surface area contributed by atoms with Crippen molar-refractivity contribution in [3.8, 4) is 11.5 Å². The highest BCUT2D eigenvalue weighted by Crippen LogP contribution is 2.36. The molecule has 2 N–H and O–H groups in total. The lowest BCUT2D eigenvalue weighted by Crippen LogP contribution is -2.31. The van der Waals surface area contributed by atoms with E-state index in [1.165, 1.54) is 0 Å². The summed E-state index contributed by atoms with van der Waals surface area (Å²) in [7, 11) is 3.19. The van der Waals surface area contributed by atoms with Gasteiger partial charge in [-0.15, -0.1) is 12.4 Å². The van der Waals surface area contributed by atoms with Gasteiger partial charge < -0.3 is 20.1 Å². The van der Waals surface area contributed by atoms with Crippen molar-refractivity contribution in [1.82, 2.24) is 10.6 Å². The molecule has 1 unspecified atom stereocenters. The number of amides is 1. The van der Waals surface area contributed by atoms with Crippen LogP contribution in [0.4, 0.5) is 0 Å². The SMILES string of the molecule is COc1cc(CNC(=O)CC2CCCN2)cc(Br)c1OC.Cl. The third kappa shape index (κ3) is 5.04. The molecule has 0 aliphatic carbocycles. The Bertz CT molecular complexity index is 508. The fourth-order valence-electron chi connectivity index (χ4n) is 2.50. The van der Waals surface area contributed by atoms with E-state index in [1.807, 2.05) is 12.1 Å². The lowest BCUT2D eigenvalue weighted by Gasteiger charge is -2.13. The summed E-state index contributed by atoms with van der Waals surface area (Å²) in [5.74, 6) is 1.37. The first-order valence-electron chi connectivity index (χ1n) is 7.04. The van der Waals surface area contributed by atoms with Crippen LogP contribution in [0.15, 0.2) is 16.6 Å². The second kappa shape index (κ2) is 9.22. The highest BCUT2D eigenvalue weighted by Gasteiger charge is 2.17. The van der Waals surface area contributed by atoms with Gasteiger partial charge in [0.1, 0.15) is 0 Å². The summed E-state index contributed by atoms with van der Waals surface area (Å²) in [4.78, 5) is 11.9. The molecule has 5 nitrogen and oxygen atoms in total. The quantitative estimate of drug-likeness (QED) is 0.780. The van der Waals surface area contributed by atoms with Gasteiger partial charge in [-0.2, -0.15) is 0 Å². The van der Waals surface area contributed by atoms with Gasteiger partial charge in [-0.25, -0.2) is 0 Å². The molecule has 1 atom stereocenters.